The first-order valence-electron chi connectivity index (χ1n) is 9.36. The predicted molar refractivity (Wildman–Crippen MR) is 131 cm³/mol. The second-order valence-electron chi connectivity index (χ2n) is 6.72. The first kappa shape index (κ1) is 21.8. The van der Waals surface area contributed by atoms with Crippen LogP contribution in [0.5, 0.6) is 0 Å². The van der Waals surface area contributed by atoms with E-state index < -0.39 is 5.91 Å². The highest BCUT2D eigenvalue weighted by molar-refractivity contribution is 7.80. The maximum atomic E-state index is 12.5. The molecule has 2 amide bonds. The fourth-order valence-corrected chi connectivity index (χ4v) is 3.67. The van der Waals surface area contributed by atoms with Crippen LogP contribution in [0.3, 0.4) is 0 Å². The molecule has 3 aromatic carbocycles. The minimum Gasteiger partial charge on any atom is -0.451 e. The lowest BCUT2D eigenvalue weighted by molar-refractivity contribution is 0.0952. The summed E-state index contributed by atoms with van der Waals surface area (Å²) in [5.74, 6) is -0.707. The van der Waals surface area contributed by atoms with E-state index in [1.165, 1.54) is 6.07 Å². The normalized spacial score (nSPS) is 10.6. The van der Waals surface area contributed by atoms with E-state index in [-0.39, 0.29) is 21.8 Å². The molecular formula is C23H15Cl2N3O3S. The number of anilines is 2. The molecule has 0 saturated carbocycles. The van der Waals surface area contributed by atoms with Crippen molar-refractivity contribution in [3.63, 3.8) is 0 Å². The standard InChI is InChI=1S/C23H15Cl2N3O3S/c24-14-8-9-17(18(25)11-14)21(29)26-15-5-3-6-16(12-15)27-23(32)28-22(30)20-10-13-4-1-2-7-19(13)31-20/h1-12H,(H,26,29)(H2,27,28,30,32). The minimum absolute atomic E-state index is 0.0830. The third-order valence-corrected chi connectivity index (χ3v) is 5.18. The van der Waals surface area contributed by atoms with Crippen molar-refractivity contribution in [2.24, 2.45) is 0 Å². The first-order valence-corrected chi connectivity index (χ1v) is 10.5. The average Bonchev–Trinajstić information content (AvgIpc) is 3.18. The Hall–Kier alpha value is -3.39. The van der Waals surface area contributed by atoms with Crippen molar-refractivity contribution in [1.29, 1.82) is 0 Å². The number of benzene rings is 3. The molecule has 0 bridgehead atoms. The summed E-state index contributed by atoms with van der Waals surface area (Å²) >= 11 is 17.2. The Morgan fingerprint density at radius 3 is 2.31 bits per heavy atom. The van der Waals surface area contributed by atoms with Gasteiger partial charge in [-0.1, -0.05) is 47.5 Å². The number of hydrogen-bond donors (Lipinski definition) is 3. The maximum absolute atomic E-state index is 12.5. The van der Waals surface area contributed by atoms with Gasteiger partial charge in [-0.05, 0) is 60.7 Å². The summed E-state index contributed by atoms with van der Waals surface area (Å²) in [6.45, 7) is 0. The topological polar surface area (TPSA) is 83.4 Å². The molecule has 1 heterocycles. The number of hydrogen-bond acceptors (Lipinski definition) is 4. The molecule has 0 fully saturated rings. The highest BCUT2D eigenvalue weighted by atomic mass is 35.5. The van der Waals surface area contributed by atoms with Gasteiger partial charge in [0, 0.05) is 21.8 Å². The van der Waals surface area contributed by atoms with E-state index in [1.807, 2.05) is 18.2 Å². The number of thiocarbonyl (C=S) groups is 1. The summed E-state index contributed by atoms with van der Waals surface area (Å²) in [5, 5.41) is 9.84. The zero-order valence-corrected chi connectivity index (χ0v) is 18.6. The van der Waals surface area contributed by atoms with E-state index in [1.54, 1.807) is 48.5 Å². The SMILES string of the molecule is O=C(NC(=S)Nc1cccc(NC(=O)c2ccc(Cl)cc2Cl)c1)c1cc2ccccc2o1. The molecular weight excluding hydrogens is 469 g/mol. The predicted octanol–water partition coefficient (Wildman–Crippen LogP) is 6.12. The van der Waals surface area contributed by atoms with Gasteiger partial charge in [0.2, 0.25) is 0 Å². The van der Waals surface area contributed by atoms with Gasteiger partial charge in [0.25, 0.3) is 11.8 Å². The molecule has 4 rings (SSSR count). The van der Waals surface area contributed by atoms with Crippen molar-refractivity contribution < 1.29 is 14.0 Å². The van der Waals surface area contributed by atoms with Crippen LogP contribution in [0.25, 0.3) is 11.0 Å². The number of rotatable bonds is 4. The molecule has 3 N–H and O–H groups in total. The Labute approximate surface area is 198 Å². The number of fused-ring (bicyclic) bond motifs is 1. The molecule has 9 heteroatoms. The molecule has 160 valence electrons. The van der Waals surface area contributed by atoms with E-state index in [9.17, 15) is 9.59 Å². The van der Waals surface area contributed by atoms with Crippen molar-refractivity contribution in [1.82, 2.24) is 5.32 Å². The van der Waals surface area contributed by atoms with Crippen LogP contribution < -0.4 is 16.0 Å². The second kappa shape index (κ2) is 9.40. The number of furan rings is 1. The molecule has 1 aromatic heterocycles. The Balaban J connectivity index is 1.40. The lowest BCUT2D eigenvalue weighted by Gasteiger charge is -2.11. The highest BCUT2D eigenvalue weighted by Gasteiger charge is 2.14. The van der Waals surface area contributed by atoms with Crippen LogP contribution in [-0.2, 0) is 0 Å². The van der Waals surface area contributed by atoms with E-state index in [4.69, 9.17) is 39.8 Å². The summed E-state index contributed by atoms with van der Waals surface area (Å²) in [5.41, 5.74) is 1.99. The summed E-state index contributed by atoms with van der Waals surface area (Å²) in [4.78, 5) is 24.9. The third-order valence-electron chi connectivity index (χ3n) is 4.43. The van der Waals surface area contributed by atoms with Crippen molar-refractivity contribution >= 4 is 74.7 Å². The summed E-state index contributed by atoms with van der Waals surface area (Å²) in [7, 11) is 0. The van der Waals surface area contributed by atoms with E-state index >= 15 is 0 Å². The Bertz CT molecular complexity index is 1320. The number of para-hydroxylation sites is 1. The molecule has 0 aliphatic heterocycles. The van der Waals surface area contributed by atoms with Crippen LogP contribution >= 0.6 is 35.4 Å². The minimum atomic E-state index is -0.472. The largest absolute Gasteiger partial charge is 0.451 e. The number of carbonyl (C=O) groups excluding carboxylic acids is 2. The summed E-state index contributed by atoms with van der Waals surface area (Å²) < 4.78 is 5.54. The second-order valence-corrected chi connectivity index (χ2v) is 7.97. The third kappa shape index (κ3) is 5.08. The lowest BCUT2D eigenvalue weighted by Crippen LogP contribution is -2.33. The lowest BCUT2D eigenvalue weighted by atomic mass is 10.2. The Morgan fingerprint density at radius 2 is 1.56 bits per heavy atom. The Kier molecular flexibility index (Phi) is 6.41. The van der Waals surface area contributed by atoms with Crippen LogP contribution in [0, 0.1) is 0 Å². The molecule has 0 spiro atoms. The van der Waals surface area contributed by atoms with Crippen molar-refractivity contribution in [2.75, 3.05) is 10.6 Å². The molecule has 0 unspecified atom stereocenters. The van der Waals surface area contributed by atoms with Gasteiger partial charge < -0.3 is 15.1 Å². The van der Waals surface area contributed by atoms with Gasteiger partial charge in [-0.3, -0.25) is 14.9 Å². The van der Waals surface area contributed by atoms with Gasteiger partial charge in [-0.15, -0.1) is 0 Å². The fraction of sp³-hybridized carbons (Fsp3) is 0. The summed E-state index contributed by atoms with van der Waals surface area (Å²) in [6, 6.07) is 20.4. The van der Waals surface area contributed by atoms with Gasteiger partial charge in [-0.2, -0.15) is 0 Å². The van der Waals surface area contributed by atoms with Crippen LogP contribution in [0.1, 0.15) is 20.9 Å². The average molecular weight is 484 g/mol. The van der Waals surface area contributed by atoms with E-state index in [0.717, 1.165) is 5.39 Å². The fourth-order valence-electron chi connectivity index (χ4n) is 2.97. The number of amides is 2. The van der Waals surface area contributed by atoms with Gasteiger partial charge in [0.05, 0.1) is 10.6 Å². The van der Waals surface area contributed by atoms with Gasteiger partial charge in [-0.25, -0.2) is 0 Å². The van der Waals surface area contributed by atoms with Crippen LogP contribution in [-0.4, -0.2) is 16.9 Å². The van der Waals surface area contributed by atoms with Crippen LogP contribution in [0.15, 0.2) is 77.2 Å². The van der Waals surface area contributed by atoms with Gasteiger partial charge in [0.1, 0.15) is 5.58 Å². The first-order chi connectivity index (χ1) is 15.4. The zero-order valence-electron chi connectivity index (χ0n) is 16.3. The molecule has 0 aliphatic rings. The van der Waals surface area contributed by atoms with Crippen LogP contribution in [0.2, 0.25) is 10.0 Å². The van der Waals surface area contributed by atoms with E-state index in [0.29, 0.717) is 27.5 Å². The molecule has 0 atom stereocenters. The van der Waals surface area contributed by atoms with Crippen molar-refractivity contribution in [3.8, 4) is 0 Å². The molecule has 0 saturated heterocycles. The van der Waals surface area contributed by atoms with E-state index in [2.05, 4.69) is 16.0 Å². The van der Waals surface area contributed by atoms with Gasteiger partial charge in [0.15, 0.2) is 10.9 Å². The van der Waals surface area contributed by atoms with Crippen LogP contribution in [0.4, 0.5) is 11.4 Å². The van der Waals surface area contributed by atoms with Crippen molar-refractivity contribution in [3.05, 3.63) is 94.2 Å². The quantitative estimate of drug-likeness (QED) is 0.304. The molecule has 4 aromatic rings. The molecule has 0 aliphatic carbocycles. The maximum Gasteiger partial charge on any atom is 0.293 e. The molecule has 6 nitrogen and oxygen atoms in total. The number of nitrogens with one attached hydrogen (secondary N) is 3. The molecule has 0 radical (unpaired) electrons. The zero-order chi connectivity index (χ0) is 22.7. The molecule has 32 heavy (non-hydrogen) atoms. The Morgan fingerprint density at radius 1 is 0.812 bits per heavy atom. The monoisotopic (exact) mass is 483 g/mol. The smallest absolute Gasteiger partial charge is 0.293 e. The highest BCUT2D eigenvalue weighted by Crippen LogP contribution is 2.23. The van der Waals surface area contributed by atoms with Crippen molar-refractivity contribution in [2.45, 2.75) is 0 Å². The summed E-state index contributed by atoms with van der Waals surface area (Å²) in [6.07, 6.45) is 0. The van der Waals surface area contributed by atoms with Gasteiger partial charge >= 0.3 is 0 Å². The number of carbonyl (C=O) groups is 2. The number of halogens is 2.